The van der Waals surface area contributed by atoms with E-state index in [4.69, 9.17) is 0 Å². The van der Waals surface area contributed by atoms with Crippen molar-refractivity contribution in [3.05, 3.63) is 18.7 Å². The van der Waals surface area contributed by atoms with Crippen LogP contribution in [0.15, 0.2) is 18.7 Å². The highest BCUT2D eigenvalue weighted by Crippen LogP contribution is 2.17. The van der Waals surface area contributed by atoms with Gasteiger partial charge in [-0.05, 0) is 19.3 Å². The zero-order chi connectivity index (χ0) is 10.8. The molecule has 0 atom stereocenters. The number of hydrogen-bond acceptors (Lipinski definition) is 5. The topological polar surface area (TPSA) is 54.8 Å². The van der Waals surface area contributed by atoms with Crippen LogP contribution in [0.5, 0.6) is 0 Å². The first-order chi connectivity index (χ1) is 7.93. The van der Waals surface area contributed by atoms with E-state index in [1.165, 1.54) is 25.6 Å². The lowest BCUT2D eigenvalue weighted by atomic mass is 10.1. The largest absolute Gasteiger partial charge is 0.355 e. The molecule has 0 saturated carbocycles. The van der Waals surface area contributed by atoms with Crippen LogP contribution in [-0.2, 0) is 0 Å². The number of anilines is 1. The highest BCUT2D eigenvalue weighted by molar-refractivity contribution is 5.69. The molecular weight excluding hydrogens is 202 g/mol. The summed E-state index contributed by atoms with van der Waals surface area (Å²) >= 11 is 0. The molecule has 0 unspecified atom stereocenters. The third-order valence-corrected chi connectivity index (χ3v) is 2.89. The number of aromatic nitrogens is 4. The Morgan fingerprint density at radius 2 is 1.88 bits per heavy atom. The maximum Gasteiger partial charge on any atom is 0.183 e. The first-order valence-corrected chi connectivity index (χ1v) is 5.61. The van der Waals surface area contributed by atoms with Gasteiger partial charge in [-0.2, -0.15) is 0 Å². The third kappa shape index (κ3) is 1.68. The van der Waals surface area contributed by atoms with Crippen molar-refractivity contribution in [3.63, 3.8) is 0 Å². The molecule has 2 aromatic heterocycles. The lowest BCUT2D eigenvalue weighted by molar-refractivity contribution is 0.573. The second-order valence-corrected chi connectivity index (χ2v) is 4.01. The van der Waals surface area contributed by atoms with Gasteiger partial charge in [0.15, 0.2) is 5.65 Å². The van der Waals surface area contributed by atoms with Gasteiger partial charge in [-0.25, -0.2) is 19.9 Å². The number of hydrogen-bond donors (Lipinski definition) is 0. The van der Waals surface area contributed by atoms with E-state index in [1.54, 1.807) is 6.20 Å². The van der Waals surface area contributed by atoms with E-state index in [0.717, 1.165) is 24.4 Å². The molecule has 0 radical (unpaired) electrons. The lowest BCUT2D eigenvalue weighted by Gasteiger charge is -2.27. The van der Waals surface area contributed by atoms with E-state index >= 15 is 0 Å². The highest BCUT2D eigenvalue weighted by Gasteiger charge is 2.12. The highest BCUT2D eigenvalue weighted by atomic mass is 15.2. The minimum atomic E-state index is 0.679. The maximum absolute atomic E-state index is 4.51. The monoisotopic (exact) mass is 215 g/mol. The summed E-state index contributed by atoms with van der Waals surface area (Å²) in [7, 11) is 0. The van der Waals surface area contributed by atoms with E-state index in [0.29, 0.717) is 5.65 Å². The molecule has 3 heterocycles. The summed E-state index contributed by atoms with van der Waals surface area (Å²) in [6.45, 7) is 2.15. The molecule has 0 N–H and O–H groups in total. The summed E-state index contributed by atoms with van der Waals surface area (Å²) in [5.41, 5.74) is 1.43. The van der Waals surface area contributed by atoms with E-state index in [1.807, 2.05) is 6.20 Å². The first-order valence-electron chi connectivity index (χ1n) is 5.61. The Hall–Kier alpha value is -1.78. The fraction of sp³-hybridized carbons (Fsp3) is 0.455. The second kappa shape index (κ2) is 4.00. The maximum atomic E-state index is 4.51. The molecule has 5 heteroatoms. The summed E-state index contributed by atoms with van der Waals surface area (Å²) in [6.07, 6.45) is 8.82. The molecule has 3 rings (SSSR count). The zero-order valence-corrected chi connectivity index (χ0v) is 9.00. The summed E-state index contributed by atoms with van der Waals surface area (Å²) in [5, 5.41) is 0. The van der Waals surface area contributed by atoms with Crippen LogP contribution in [0.3, 0.4) is 0 Å². The van der Waals surface area contributed by atoms with E-state index in [-0.39, 0.29) is 0 Å². The standard InChI is InChI=1S/C11H13N5/c1-2-4-16(5-3-1)10-7-13-9-6-12-8-14-11(9)15-10/h6-8H,1-5H2. The van der Waals surface area contributed by atoms with Crippen LogP contribution in [0.1, 0.15) is 19.3 Å². The zero-order valence-electron chi connectivity index (χ0n) is 9.00. The third-order valence-electron chi connectivity index (χ3n) is 2.89. The Labute approximate surface area is 93.6 Å². The van der Waals surface area contributed by atoms with Crippen LogP contribution < -0.4 is 4.90 Å². The molecule has 0 amide bonds. The molecule has 0 aliphatic carbocycles. The number of nitrogens with zero attached hydrogens (tertiary/aromatic N) is 5. The number of fused-ring (bicyclic) bond motifs is 1. The van der Waals surface area contributed by atoms with Crippen molar-refractivity contribution in [1.82, 2.24) is 19.9 Å². The predicted octanol–water partition coefficient (Wildman–Crippen LogP) is 1.41. The van der Waals surface area contributed by atoms with Crippen molar-refractivity contribution in [1.29, 1.82) is 0 Å². The van der Waals surface area contributed by atoms with Crippen LogP contribution in [-0.4, -0.2) is 33.0 Å². The number of piperidine rings is 1. The van der Waals surface area contributed by atoms with Gasteiger partial charge in [-0.15, -0.1) is 0 Å². The molecule has 1 aliphatic rings. The average molecular weight is 215 g/mol. The first kappa shape index (κ1) is 9.45. The van der Waals surface area contributed by atoms with Crippen molar-refractivity contribution in [2.75, 3.05) is 18.0 Å². The van der Waals surface area contributed by atoms with Crippen LogP contribution in [0.2, 0.25) is 0 Å². The van der Waals surface area contributed by atoms with Crippen LogP contribution in [0.25, 0.3) is 11.2 Å². The van der Waals surface area contributed by atoms with Gasteiger partial charge in [-0.3, -0.25) is 0 Å². The van der Waals surface area contributed by atoms with Crippen molar-refractivity contribution in [2.24, 2.45) is 0 Å². The van der Waals surface area contributed by atoms with E-state index in [2.05, 4.69) is 24.8 Å². The minimum absolute atomic E-state index is 0.679. The van der Waals surface area contributed by atoms with Crippen LogP contribution >= 0.6 is 0 Å². The van der Waals surface area contributed by atoms with Gasteiger partial charge in [0, 0.05) is 13.1 Å². The van der Waals surface area contributed by atoms with Gasteiger partial charge >= 0.3 is 0 Å². The Morgan fingerprint density at radius 1 is 1.00 bits per heavy atom. The molecule has 1 fully saturated rings. The Kier molecular flexibility index (Phi) is 2.36. The Balaban J connectivity index is 1.97. The quantitative estimate of drug-likeness (QED) is 0.720. The van der Waals surface area contributed by atoms with Crippen molar-refractivity contribution in [3.8, 4) is 0 Å². The van der Waals surface area contributed by atoms with Gasteiger partial charge in [0.2, 0.25) is 0 Å². The summed E-state index contributed by atoms with van der Waals surface area (Å²) in [5.74, 6) is 0.936. The van der Waals surface area contributed by atoms with Crippen molar-refractivity contribution < 1.29 is 0 Å². The Morgan fingerprint density at radius 3 is 2.75 bits per heavy atom. The fourth-order valence-corrected chi connectivity index (χ4v) is 2.03. The lowest BCUT2D eigenvalue weighted by Crippen LogP contribution is -2.30. The molecule has 0 aromatic carbocycles. The van der Waals surface area contributed by atoms with Gasteiger partial charge in [0.25, 0.3) is 0 Å². The minimum Gasteiger partial charge on any atom is -0.355 e. The van der Waals surface area contributed by atoms with Gasteiger partial charge in [0.05, 0.1) is 12.4 Å². The smallest absolute Gasteiger partial charge is 0.183 e. The molecule has 16 heavy (non-hydrogen) atoms. The molecule has 1 saturated heterocycles. The Bertz CT molecular complexity index is 492. The average Bonchev–Trinajstić information content (AvgIpc) is 2.39. The molecule has 1 aliphatic heterocycles. The van der Waals surface area contributed by atoms with Crippen molar-refractivity contribution >= 4 is 17.0 Å². The molecule has 0 spiro atoms. The molecule has 5 nitrogen and oxygen atoms in total. The predicted molar refractivity (Wildman–Crippen MR) is 61.2 cm³/mol. The fourth-order valence-electron chi connectivity index (χ4n) is 2.03. The van der Waals surface area contributed by atoms with Crippen LogP contribution in [0.4, 0.5) is 5.82 Å². The second-order valence-electron chi connectivity index (χ2n) is 4.01. The van der Waals surface area contributed by atoms with Crippen molar-refractivity contribution in [2.45, 2.75) is 19.3 Å². The normalized spacial score (nSPS) is 16.6. The van der Waals surface area contributed by atoms with E-state index in [9.17, 15) is 0 Å². The summed E-state index contributed by atoms with van der Waals surface area (Å²) < 4.78 is 0. The van der Waals surface area contributed by atoms with Crippen LogP contribution in [0, 0.1) is 0 Å². The van der Waals surface area contributed by atoms with E-state index < -0.39 is 0 Å². The van der Waals surface area contributed by atoms with Gasteiger partial charge in [-0.1, -0.05) is 0 Å². The molecule has 0 bridgehead atoms. The molecule has 2 aromatic rings. The van der Waals surface area contributed by atoms with Gasteiger partial charge in [0.1, 0.15) is 17.7 Å². The summed E-state index contributed by atoms with van der Waals surface area (Å²) in [6, 6.07) is 0. The van der Waals surface area contributed by atoms with Gasteiger partial charge < -0.3 is 4.90 Å². The molecular formula is C11H13N5. The molecule has 82 valence electrons. The SMILES string of the molecule is c1ncc2ncc(N3CCCCC3)nc2n1. The number of rotatable bonds is 1. The summed E-state index contributed by atoms with van der Waals surface area (Å²) in [4.78, 5) is 19.2.